The molecule has 0 aromatic carbocycles. The first kappa shape index (κ1) is 14.3. The van der Waals surface area contributed by atoms with E-state index in [2.05, 4.69) is 29.0 Å². The Bertz CT molecular complexity index is 507. The summed E-state index contributed by atoms with van der Waals surface area (Å²) < 4.78 is 0. The summed E-state index contributed by atoms with van der Waals surface area (Å²) in [5.41, 5.74) is 4.60. The van der Waals surface area contributed by atoms with Gasteiger partial charge in [0.25, 0.3) is 0 Å². The van der Waals surface area contributed by atoms with Crippen LogP contribution < -0.4 is 11.3 Å². The van der Waals surface area contributed by atoms with Gasteiger partial charge in [0, 0.05) is 14.6 Å². The molecule has 0 spiro atoms. The van der Waals surface area contributed by atoms with Crippen molar-refractivity contribution in [1.29, 1.82) is 0 Å². The summed E-state index contributed by atoms with van der Waals surface area (Å²) in [6.45, 7) is 0. The molecular formula is C16H22N2S2. The summed E-state index contributed by atoms with van der Waals surface area (Å²) in [5, 5.41) is 2.15. The van der Waals surface area contributed by atoms with Crippen LogP contribution in [0.3, 0.4) is 0 Å². The highest BCUT2D eigenvalue weighted by Crippen LogP contribution is 2.33. The highest BCUT2D eigenvalue weighted by atomic mass is 32.1. The van der Waals surface area contributed by atoms with Gasteiger partial charge in [0.1, 0.15) is 0 Å². The molecule has 1 aliphatic carbocycles. The summed E-state index contributed by atoms with van der Waals surface area (Å²) in [7, 11) is 0. The molecule has 4 heteroatoms. The number of nitrogens with one attached hydrogen (secondary N) is 1. The van der Waals surface area contributed by atoms with Gasteiger partial charge in [-0.25, -0.2) is 0 Å². The van der Waals surface area contributed by atoms with Crippen LogP contribution in [0.25, 0.3) is 0 Å². The summed E-state index contributed by atoms with van der Waals surface area (Å²) in [5.74, 6) is 5.79. The number of fused-ring (bicyclic) bond motifs is 1. The third-order valence-corrected chi connectivity index (χ3v) is 6.36. The van der Waals surface area contributed by atoms with Gasteiger partial charge < -0.3 is 0 Å². The molecule has 1 atom stereocenters. The molecule has 2 nitrogen and oxygen atoms in total. The molecule has 108 valence electrons. The Morgan fingerprint density at radius 2 is 2.15 bits per heavy atom. The lowest BCUT2D eigenvalue weighted by Crippen LogP contribution is -2.27. The minimum atomic E-state index is 0.300. The summed E-state index contributed by atoms with van der Waals surface area (Å²) in [4.78, 5) is 4.48. The fourth-order valence-electron chi connectivity index (χ4n) is 2.91. The van der Waals surface area contributed by atoms with Crippen LogP contribution >= 0.6 is 22.7 Å². The van der Waals surface area contributed by atoms with Crippen molar-refractivity contribution in [2.75, 3.05) is 0 Å². The van der Waals surface area contributed by atoms with E-state index in [1.807, 2.05) is 22.7 Å². The Morgan fingerprint density at radius 3 is 2.95 bits per heavy atom. The second kappa shape index (κ2) is 6.85. The minimum Gasteiger partial charge on any atom is -0.271 e. The molecule has 1 aliphatic rings. The molecule has 3 rings (SSSR count). The molecule has 0 amide bonds. The molecule has 0 fully saturated rings. The Labute approximate surface area is 129 Å². The van der Waals surface area contributed by atoms with Gasteiger partial charge in [0.05, 0.1) is 6.04 Å². The Kier molecular flexibility index (Phi) is 4.89. The van der Waals surface area contributed by atoms with Gasteiger partial charge in [-0.15, -0.1) is 22.7 Å². The van der Waals surface area contributed by atoms with Gasteiger partial charge in [-0.1, -0.05) is 12.5 Å². The van der Waals surface area contributed by atoms with E-state index in [1.165, 1.54) is 41.9 Å². The number of hydrazine groups is 1. The molecule has 2 aromatic heterocycles. The summed E-state index contributed by atoms with van der Waals surface area (Å²) in [6, 6.07) is 7.04. The predicted molar refractivity (Wildman–Crippen MR) is 88.3 cm³/mol. The van der Waals surface area contributed by atoms with Crippen molar-refractivity contribution in [3.8, 4) is 0 Å². The predicted octanol–water partition coefficient (Wildman–Crippen LogP) is 4.22. The normalized spacial score (nSPS) is 16.6. The lowest BCUT2D eigenvalue weighted by molar-refractivity contribution is 0.525. The maximum Gasteiger partial charge on any atom is 0.0556 e. The van der Waals surface area contributed by atoms with E-state index in [1.54, 1.807) is 10.4 Å². The summed E-state index contributed by atoms with van der Waals surface area (Å²) in [6.07, 6.45) is 8.79. The van der Waals surface area contributed by atoms with Crippen LogP contribution in [-0.4, -0.2) is 0 Å². The molecule has 3 N–H and O–H groups in total. The molecule has 20 heavy (non-hydrogen) atoms. The molecule has 1 unspecified atom stereocenters. The third-order valence-electron chi connectivity index (χ3n) is 4.07. The second-order valence-corrected chi connectivity index (χ2v) is 7.70. The van der Waals surface area contributed by atoms with Gasteiger partial charge in [0.15, 0.2) is 0 Å². The van der Waals surface area contributed by atoms with Crippen LogP contribution in [0.2, 0.25) is 0 Å². The SMILES string of the molecule is NNC(CCc1cccs1)c1cc2c(s1)CCCCC2. The molecule has 2 heterocycles. The largest absolute Gasteiger partial charge is 0.271 e. The molecular weight excluding hydrogens is 284 g/mol. The monoisotopic (exact) mass is 306 g/mol. The van der Waals surface area contributed by atoms with Crippen LogP contribution in [0.1, 0.15) is 51.9 Å². The van der Waals surface area contributed by atoms with E-state index < -0.39 is 0 Å². The zero-order valence-corrected chi connectivity index (χ0v) is 13.4. The first-order valence-electron chi connectivity index (χ1n) is 7.47. The van der Waals surface area contributed by atoms with Crippen molar-refractivity contribution < 1.29 is 0 Å². The molecule has 0 saturated carbocycles. The van der Waals surface area contributed by atoms with Gasteiger partial charge in [-0.05, 0) is 61.6 Å². The maximum absolute atomic E-state index is 5.79. The van der Waals surface area contributed by atoms with Gasteiger partial charge in [-0.2, -0.15) is 0 Å². The zero-order chi connectivity index (χ0) is 13.8. The highest BCUT2D eigenvalue weighted by Gasteiger charge is 2.17. The van der Waals surface area contributed by atoms with E-state index in [0.29, 0.717) is 6.04 Å². The zero-order valence-electron chi connectivity index (χ0n) is 11.7. The van der Waals surface area contributed by atoms with Crippen LogP contribution in [0.15, 0.2) is 23.6 Å². The van der Waals surface area contributed by atoms with Crippen LogP contribution in [0.4, 0.5) is 0 Å². The van der Waals surface area contributed by atoms with Crippen LogP contribution in [0, 0.1) is 0 Å². The van der Waals surface area contributed by atoms with Crippen molar-refractivity contribution in [1.82, 2.24) is 5.43 Å². The molecule has 0 radical (unpaired) electrons. The smallest absolute Gasteiger partial charge is 0.0556 e. The average Bonchev–Trinajstić information content (AvgIpc) is 3.06. The number of hydrogen-bond donors (Lipinski definition) is 2. The lowest BCUT2D eigenvalue weighted by atomic mass is 10.1. The Balaban J connectivity index is 1.69. The fraction of sp³-hybridized carbons (Fsp3) is 0.500. The number of nitrogens with two attached hydrogens (primary N) is 1. The van der Waals surface area contributed by atoms with Gasteiger partial charge in [-0.3, -0.25) is 11.3 Å². The quantitative estimate of drug-likeness (QED) is 0.493. The van der Waals surface area contributed by atoms with Crippen LogP contribution in [0.5, 0.6) is 0 Å². The third kappa shape index (κ3) is 3.31. The van der Waals surface area contributed by atoms with Crippen molar-refractivity contribution >= 4 is 22.7 Å². The second-order valence-electron chi connectivity index (χ2n) is 5.50. The first-order chi connectivity index (χ1) is 9.86. The topological polar surface area (TPSA) is 38.0 Å². The number of aryl methyl sites for hydroxylation is 3. The standard InChI is InChI=1S/C16H22N2S2/c17-18-14(9-8-13-6-4-10-19-13)16-11-12-5-2-1-3-7-15(12)20-16/h4,6,10-11,14,18H,1-3,5,7-9,17H2. The minimum absolute atomic E-state index is 0.300. The van der Waals surface area contributed by atoms with E-state index in [9.17, 15) is 0 Å². The van der Waals surface area contributed by atoms with Gasteiger partial charge in [0.2, 0.25) is 0 Å². The molecule has 0 aliphatic heterocycles. The first-order valence-corrected chi connectivity index (χ1v) is 9.16. The van der Waals surface area contributed by atoms with E-state index >= 15 is 0 Å². The van der Waals surface area contributed by atoms with Gasteiger partial charge >= 0.3 is 0 Å². The molecule has 0 saturated heterocycles. The fourth-order valence-corrected chi connectivity index (χ4v) is 4.99. The summed E-state index contributed by atoms with van der Waals surface area (Å²) >= 11 is 3.81. The van der Waals surface area contributed by atoms with Crippen molar-refractivity contribution in [2.45, 2.75) is 51.0 Å². The van der Waals surface area contributed by atoms with E-state index in [-0.39, 0.29) is 0 Å². The number of thiophene rings is 2. The van der Waals surface area contributed by atoms with Crippen LogP contribution in [-0.2, 0) is 19.3 Å². The lowest BCUT2D eigenvalue weighted by Gasteiger charge is -2.13. The Hall–Kier alpha value is -0.680. The highest BCUT2D eigenvalue weighted by molar-refractivity contribution is 7.12. The molecule has 2 aromatic rings. The average molecular weight is 307 g/mol. The van der Waals surface area contributed by atoms with Crippen molar-refractivity contribution in [3.63, 3.8) is 0 Å². The molecule has 0 bridgehead atoms. The number of hydrogen-bond acceptors (Lipinski definition) is 4. The van der Waals surface area contributed by atoms with E-state index in [4.69, 9.17) is 5.84 Å². The van der Waals surface area contributed by atoms with Crippen molar-refractivity contribution in [2.24, 2.45) is 5.84 Å². The van der Waals surface area contributed by atoms with Crippen molar-refractivity contribution in [3.05, 3.63) is 43.8 Å². The number of rotatable bonds is 5. The van der Waals surface area contributed by atoms with E-state index in [0.717, 1.165) is 12.8 Å². The Morgan fingerprint density at radius 1 is 1.25 bits per heavy atom. The maximum atomic E-state index is 5.79.